The summed E-state index contributed by atoms with van der Waals surface area (Å²) in [5.41, 5.74) is 0. The standard InChI is InChI=1S/C18H15P.C9H17BrO2/c1-4-10-16(11-5-1)19(17-12-6-2-7-13-17)18-14-8-3-9-15-18;1-4-12-9(11)6-8(10)5-7(2)3/h1-15H;7-8H,4-6H2,1-3H3. The molecule has 0 N–H and O–H groups in total. The number of halogens is 1. The van der Waals surface area contributed by atoms with Crippen LogP contribution in [0.1, 0.15) is 33.6 Å². The van der Waals surface area contributed by atoms with E-state index in [0.717, 1.165) is 6.42 Å². The molecule has 0 saturated carbocycles. The van der Waals surface area contributed by atoms with Crippen molar-refractivity contribution in [2.24, 2.45) is 5.92 Å². The summed E-state index contributed by atoms with van der Waals surface area (Å²) in [4.78, 5) is 11.2. The normalized spacial score (nSPS) is 11.5. The van der Waals surface area contributed by atoms with E-state index in [-0.39, 0.29) is 10.8 Å². The summed E-state index contributed by atoms with van der Waals surface area (Å²) < 4.78 is 4.83. The van der Waals surface area contributed by atoms with Crippen molar-refractivity contribution in [2.75, 3.05) is 6.61 Å². The molecule has 1 atom stereocenters. The fraction of sp³-hybridized carbons (Fsp3) is 0.296. The molecular weight excluding hydrogens is 467 g/mol. The minimum atomic E-state index is -0.446. The number of carbonyl (C=O) groups is 1. The van der Waals surface area contributed by atoms with Crippen molar-refractivity contribution in [3.05, 3.63) is 91.0 Å². The molecule has 1 unspecified atom stereocenters. The van der Waals surface area contributed by atoms with E-state index in [1.165, 1.54) is 15.9 Å². The van der Waals surface area contributed by atoms with Crippen LogP contribution in [0.25, 0.3) is 0 Å². The first-order valence-corrected chi connectivity index (χ1v) is 13.0. The molecule has 0 spiro atoms. The van der Waals surface area contributed by atoms with Gasteiger partial charge in [-0.25, -0.2) is 0 Å². The molecule has 2 nitrogen and oxygen atoms in total. The van der Waals surface area contributed by atoms with E-state index in [4.69, 9.17) is 4.74 Å². The maximum Gasteiger partial charge on any atom is 0.306 e. The predicted octanol–water partition coefficient (Wildman–Crippen LogP) is 6.19. The first-order valence-electron chi connectivity index (χ1n) is 10.8. The zero-order valence-electron chi connectivity index (χ0n) is 18.6. The molecule has 31 heavy (non-hydrogen) atoms. The van der Waals surface area contributed by atoms with E-state index in [9.17, 15) is 4.79 Å². The summed E-state index contributed by atoms with van der Waals surface area (Å²) >= 11 is 3.45. The van der Waals surface area contributed by atoms with Crippen molar-refractivity contribution in [3.8, 4) is 0 Å². The second kappa shape index (κ2) is 14.2. The van der Waals surface area contributed by atoms with Gasteiger partial charge in [-0.1, -0.05) is 121 Å². The van der Waals surface area contributed by atoms with E-state index in [2.05, 4.69) is 121 Å². The van der Waals surface area contributed by atoms with Gasteiger partial charge in [0.05, 0.1) is 13.0 Å². The van der Waals surface area contributed by atoms with Crippen LogP contribution in [0.4, 0.5) is 0 Å². The number of alkyl halides is 1. The number of carbonyl (C=O) groups excluding carboxylic acids is 1. The third-order valence-electron chi connectivity index (χ3n) is 4.46. The van der Waals surface area contributed by atoms with Gasteiger partial charge in [-0.3, -0.25) is 4.79 Å². The quantitative estimate of drug-likeness (QED) is 0.210. The van der Waals surface area contributed by atoms with E-state index < -0.39 is 7.92 Å². The summed E-state index contributed by atoms with van der Waals surface area (Å²) in [7, 11) is -0.446. The van der Waals surface area contributed by atoms with Gasteiger partial charge in [0.15, 0.2) is 0 Å². The van der Waals surface area contributed by atoms with Gasteiger partial charge in [-0.2, -0.15) is 0 Å². The Morgan fingerprint density at radius 2 is 1.19 bits per heavy atom. The molecule has 0 bridgehead atoms. The Morgan fingerprint density at radius 3 is 1.52 bits per heavy atom. The Labute approximate surface area is 196 Å². The lowest BCUT2D eigenvalue weighted by atomic mass is 10.1. The molecular formula is C27H32BrO2P. The molecule has 0 fully saturated rings. The molecule has 3 aromatic rings. The summed E-state index contributed by atoms with van der Waals surface area (Å²) in [6.07, 6.45) is 1.49. The van der Waals surface area contributed by atoms with Gasteiger partial charge in [0.25, 0.3) is 0 Å². The fourth-order valence-electron chi connectivity index (χ4n) is 3.17. The van der Waals surface area contributed by atoms with Crippen molar-refractivity contribution in [1.82, 2.24) is 0 Å². The highest BCUT2D eigenvalue weighted by Crippen LogP contribution is 2.32. The average molecular weight is 499 g/mol. The molecule has 164 valence electrons. The molecule has 0 saturated heterocycles. The Kier molecular flexibility index (Phi) is 11.6. The van der Waals surface area contributed by atoms with Gasteiger partial charge in [-0.05, 0) is 43.1 Å². The van der Waals surface area contributed by atoms with Gasteiger partial charge in [-0.15, -0.1) is 0 Å². The first kappa shape index (κ1) is 25.3. The molecule has 0 aromatic heterocycles. The molecule has 3 aromatic carbocycles. The Balaban J connectivity index is 0.000000248. The van der Waals surface area contributed by atoms with Crippen LogP contribution in [-0.4, -0.2) is 17.4 Å². The van der Waals surface area contributed by atoms with Crippen LogP contribution in [-0.2, 0) is 9.53 Å². The van der Waals surface area contributed by atoms with Crippen molar-refractivity contribution in [3.63, 3.8) is 0 Å². The molecule has 0 radical (unpaired) electrons. The number of ether oxygens (including phenoxy) is 1. The van der Waals surface area contributed by atoms with Crippen molar-refractivity contribution in [2.45, 2.75) is 38.4 Å². The largest absolute Gasteiger partial charge is 0.466 e. The summed E-state index contributed by atoms with van der Waals surface area (Å²) in [6.45, 7) is 6.57. The molecule has 3 rings (SSSR count). The van der Waals surface area contributed by atoms with Crippen LogP contribution in [0.5, 0.6) is 0 Å². The van der Waals surface area contributed by atoms with Gasteiger partial charge < -0.3 is 4.74 Å². The minimum absolute atomic E-state index is 0.111. The lowest BCUT2D eigenvalue weighted by Gasteiger charge is -2.18. The Morgan fingerprint density at radius 1 is 0.806 bits per heavy atom. The van der Waals surface area contributed by atoms with Gasteiger partial charge in [0.1, 0.15) is 0 Å². The van der Waals surface area contributed by atoms with Crippen molar-refractivity contribution >= 4 is 45.7 Å². The maximum atomic E-state index is 11.0. The highest BCUT2D eigenvalue weighted by molar-refractivity contribution is 9.09. The zero-order chi connectivity index (χ0) is 22.5. The third-order valence-corrected chi connectivity index (χ3v) is 7.61. The summed E-state index contributed by atoms with van der Waals surface area (Å²) in [5, 5.41) is 4.19. The smallest absolute Gasteiger partial charge is 0.306 e. The molecule has 0 heterocycles. The Hall–Kier alpha value is -1.96. The van der Waals surface area contributed by atoms with Crippen LogP contribution in [0.3, 0.4) is 0 Å². The van der Waals surface area contributed by atoms with Gasteiger partial charge in [0.2, 0.25) is 0 Å². The summed E-state index contributed by atoms with van der Waals surface area (Å²) in [6, 6.07) is 32.3. The SMILES string of the molecule is CCOC(=O)CC(Br)CC(C)C.c1ccc(P(c2ccccc2)c2ccccc2)cc1. The van der Waals surface area contributed by atoms with Crippen LogP contribution in [0.2, 0.25) is 0 Å². The van der Waals surface area contributed by atoms with Gasteiger partial charge in [0, 0.05) is 4.83 Å². The topological polar surface area (TPSA) is 26.3 Å². The van der Waals surface area contributed by atoms with Crippen molar-refractivity contribution in [1.29, 1.82) is 0 Å². The number of benzene rings is 3. The number of hydrogen-bond donors (Lipinski definition) is 0. The number of esters is 1. The molecule has 4 heteroatoms. The maximum absolute atomic E-state index is 11.0. The minimum Gasteiger partial charge on any atom is -0.466 e. The van der Waals surface area contributed by atoms with Crippen LogP contribution < -0.4 is 15.9 Å². The highest BCUT2D eigenvalue weighted by Gasteiger charge is 2.15. The highest BCUT2D eigenvalue weighted by atomic mass is 79.9. The van der Waals surface area contributed by atoms with Crippen LogP contribution in [0.15, 0.2) is 91.0 Å². The fourth-order valence-corrected chi connectivity index (χ4v) is 6.49. The van der Waals surface area contributed by atoms with E-state index in [0.29, 0.717) is 18.9 Å². The Bertz CT molecular complexity index is 776. The predicted molar refractivity (Wildman–Crippen MR) is 139 cm³/mol. The molecule has 0 aliphatic heterocycles. The molecule has 0 aliphatic rings. The van der Waals surface area contributed by atoms with E-state index >= 15 is 0 Å². The van der Waals surface area contributed by atoms with Crippen LogP contribution in [0, 0.1) is 5.92 Å². The van der Waals surface area contributed by atoms with Crippen molar-refractivity contribution < 1.29 is 9.53 Å². The lowest BCUT2D eigenvalue weighted by Crippen LogP contribution is -2.20. The van der Waals surface area contributed by atoms with Crippen LogP contribution >= 0.6 is 23.9 Å². The monoisotopic (exact) mass is 498 g/mol. The summed E-state index contributed by atoms with van der Waals surface area (Å²) in [5.74, 6) is 0.504. The first-order chi connectivity index (χ1) is 15.0. The number of hydrogen-bond acceptors (Lipinski definition) is 2. The number of rotatable bonds is 8. The molecule has 0 aliphatic carbocycles. The second-order valence-electron chi connectivity index (χ2n) is 7.58. The van der Waals surface area contributed by atoms with E-state index in [1.54, 1.807) is 0 Å². The zero-order valence-corrected chi connectivity index (χ0v) is 21.1. The average Bonchev–Trinajstić information content (AvgIpc) is 2.76. The lowest BCUT2D eigenvalue weighted by molar-refractivity contribution is -0.143. The van der Waals surface area contributed by atoms with E-state index in [1.807, 2.05) is 6.92 Å². The van der Waals surface area contributed by atoms with Gasteiger partial charge >= 0.3 is 5.97 Å². The second-order valence-corrected chi connectivity index (χ2v) is 11.1. The third kappa shape index (κ3) is 9.37. The molecule has 0 amide bonds.